The average molecular weight is 312 g/mol. The number of nitrogen functional groups attached to an aromatic ring is 1. The highest BCUT2D eigenvalue weighted by molar-refractivity contribution is 7.99. The van der Waals surface area contributed by atoms with E-state index in [-0.39, 0.29) is 5.97 Å². The Bertz CT molecular complexity index is 581. The van der Waals surface area contributed by atoms with Crippen LogP contribution < -0.4 is 11.1 Å². The Balaban J connectivity index is 2.19. The quantitative estimate of drug-likeness (QED) is 0.561. The van der Waals surface area contributed by atoms with E-state index in [0.717, 1.165) is 15.5 Å². The Kier molecular flexibility index (Phi) is 4.91. The SMILES string of the molecule is CCOC(=O)c1sc(NCc2cn[nH]c2)c(SC)c1N. The Labute approximate surface area is 125 Å². The van der Waals surface area contributed by atoms with Crippen molar-refractivity contribution < 1.29 is 9.53 Å². The van der Waals surface area contributed by atoms with Crippen LogP contribution in [0.5, 0.6) is 0 Å². The van der Waals surface area contributed by atoms with Crippen molar-refractivity contribution in [3.63, 3.8) is 0 Å². The van der Waals surface area contributed by atoms with E-state index in [4.69, 9.17) is 10.5 Å². The lowest BCUT2D eigenvalue weighted by Gasteiger charge is -2.04. The van der Waals surface area contributed by atoms with Gasteiger partial charge in [-0.15, -0.1) is 23.1 Å². The molecule has 0 aromatic carbocycles. The number of thioether (sulfide) groups is 1. The highest BCUT2D eigenvalue weighted by Crippen LogP contribution is 2.42. The summed E-state index contributed by atoms with van der Waals surface area (Å²) in [5.74, 6) is -0.373. The van der Waals surface area contributed by atoms with Crippen LogP contribution in [0.25, 0.3) is 0 Å². The second kappa shape index (κ2) is 6.67. The standard InChI is InChI=1S/C12H16N4O2S2/c1-3-18-12(17)10-8(13)9(19-2)11(20-10)14-4-7-5-15-16-6-7/h5-6,14H,3-4,13H2,1-2H3,(H,15,16). The molecule has 6 nitrogen and oxygen atoms in total. The Morgan fingerprint density at radius 3 is 3.05 bits per heavy atom. The highest BCUT2D eigenvalue weighted by atomic mass is 32.2. The molecular formula is C12H16N4O2S2. The van der Waals surface area contributed by atoms with Crippen LogP contribution in [-0.2, 0) is 11.3 Å². The number of H-pyrrole nitrogens is 1. The maximum Gasteiger partial charge on any atom is 0.350 e. The number of carbonyl (C=O) groups is 1. The molecule has 2 aromatic rings. The maximum atomic E-state index is 11.8. The van der Waals surface area contributed by atoms with Gasteiger partial charge in [0.05, 0.1) is 23.4 Å². The molecule has 108 valence electrons. The molecule has 2 heterocycles. The molecule has 8 heteroatoms. The van der Waals surface area contributed by atoms with Crippen molar-refractivity contribution in [2.24, 2.45) is 0 Å². The molecular weight excluding hydrogens is 296 g/mol. The van der Waals surface area contributed by atoms with Crippen molar-refractivity contribution in [3.8, 4) is 0 Å². The van der Waals surface area contributed by atoms with Gasteiger partial charge in [0.1, 0.15) is 9.88 Å². The number of nitrogens with two attached hydrogens (primary N) is 1. The Hall–Kier alpha value is -1.67. The van der Waals surface area contributed by atoms with Crippen LogP contribution in [0.2, 0.25) is 0 Å². The molecule has 0 fully saturated rings. The summed E-state index contributed by atoms with van der Waals surface area (Å²) in [6.07, 6.45) is 5.49. The van der Waals surface area contributed by atoms with Gasteiger partial charge in [-0.2, -0.15) is 5.10 Å². The number of hydrogen-bond acceptors (Lipinski definition) is 7. The summed E-state index contributed by atoms with van der Waals surface area (Å²) in [6, 6.07) is 0. The van der Waals surface area contributed by atoms with Crippen LogP contribution in [0.3, 0.4) is 0 Å². The first-order valence-corrected chi connectivity index (χ1v) is 8.06. The monoisotopic (exact) mass is 312 g/mol. The van der Waals surface area contributed by atoms with Gasteiger partial charge in [0, 0.05) is 18.3 Å². The molecule has 0 saturated carbocycles. The molecule has 0 aliphatic carbocycles. The van der Waals surface area contributed by atoms with Crippen LogP contribution in [0.15, 0.2) is 17.3 Å². The van der Waals surface area contributed by atoms with Crippen molar-refractivity contribution in [1.82, 2.24) is 10.2 Å². The third-order valence-electron chi connectivity index (χ3n) is 2.57. The zero-order chi connectivity index (χ0) is 14.5. The highest BCUT2D eigenvalue weighted by Gasteiger charge is 2.21. The van der Waals surface area contributed by atoms with Crippen molar-refractivity contribution in [2.75, 3.05) is 23.9 Å². The first-order valence-electron chi connectivity index (χ1n) is 6.02. The van der Waals surface area contributed by atoms with Crippen molar-refractivity contribution >= 4 is 39.8 Å². The first-order chi connectivity index (χ1) is 9.67. The van der Waals surface area contributed by atoms with Gasteiger partial charge in [0.15, 0.2) is 0 Å². The van der Waals surface area contributed by atoms with Gasteiger partial charge in [0.2, 0.25) is 0 Å². The fourth-order valence-electron chi connectivity index (χ4n) is 1.65. The molecule has 0 saturated heterocycles. The summed E-state index contributed by atoms with van der Waals surface area (Å²) in [5.41, 5.74) is 7.54. The van der Waals surface area contributed by atoms with Crippen LogP contribution in [0.4, 0.5) is 10.7 Å². The van der Waals surface area contributed by atoms with Gasteiger partial charge in [-0.3, -0.25) is 5.10 Å². The topological polar surface area (TPSA) is 93.0 Å². The zero-order valence-corrected chi connectivity index (χ0v) is 12.9. The minimum atomic E-state index is -0.373. The molecule has 2 rings (SSSR count). The molecule has 0 radical (unpaired) electrons. The molecule has 0 aliphatic rings. The predicted molar refractivity (Wildman–Crippen MR) is 82.4 cm³/mol. The van der Waals surface area contributed by atoms with Gasteiger partial charge >= 0.3 is 5.97 Å². The van der Waals surface area contributed by atoms with Crippen LogP contribution in [-0.4, -0.2) is 29.0 Å². The lowest BCUT2D eigenvalue weighted by atomic mass is 10.3. The van der Waals surface area contributed by atoms with Gasteiger partial charge in [-0.05, 0) is 13.2 Å². The molecule has 4 N–H and O–H groups in total. The number of nitrogens with one attached hydrogen (secondary N) is 2. The minimum Gasteiger partial charge on any atom is -0.462 e. The maximum absolute atomic E-state index is 11.8. The number of nitrogens with zero attached hydrogens (tertiary/aromatic N) is 1. The van der Waals surface area contributed by atoms with E-state index in [1.165, 1.54) is 23.1 Å². The molecule has 20 heavy (non-hydrogen) atoms. The second-order valence-electron chi connectivity index (χ2n) is 3.89. The van der Waals surface area contributed by atoms with E-state index in [9.17, 15) is 4.79 Å². The molecule has 0 atom stereocenters. The number of aromatic amines is 1. The Morgan fingerprint density at radius 1 is 1.65 bits per heavy atom. The van der Waals surface area contributed by atoms with Crippen molar-refractivity contribution in [2.45, 2.75) is 18.4 Å². The van der Waals surface area contributed by atoms with Crippen LogP contribution >= 0.6 is 23.1 Å². The first kappa shape index (κ1) is 14.7. The summed E-state index contributed by atoms with van der Waals surface area (Å²) in [5, 5.41) is 10.8. The van der Waals surface area contributed by atoms with Crippen LogP contribution in [0.1, 0.15) is 22.2 Å². The number of aromatic nitrogens is 2. The summed E-state index contributed by atoms with van der Waals surface area (Å²) >= 11 is 2.83. The zero-order valence-electron chi connectivity index (χ0n) is 11.2. The van der Waals surface area contributed by atoms with E-state index in [1.807, 2.05) is 12.5 Å². The normalized spacial score (nSPS) is 10.5. The lowest BCUT2D eigenvalue weighted by molar-refractivity contribution is 0.0533. The number of carbonyl (C=O) groups excluding carboxylic acids is 1. The Morgan fingerprint density at radius 2 is 2.45 bits per heavy atom. The molecule has 0 amide bonds. The number of ether oxygens (including phenoxy) is 1. The van der Waals surface area contributed by atoms with E-state index < -0.39 is 0 Å². The molecule has 0 bridgehead atoms. The largest absolute Gasteiger partial charge is 0.462 e. The van der Waals surface area contributed by atoms with Crippen molar-refractivity contribution in [3.05, 3.63) is 22.8 Å². The molecule has 0 spiro atoms. The summed E-state index contributed by atoms with van der Waals surface area (Å²) in [4.78, 5) is 13.2. The van der Waals surface area contributed by atoms with Crippen LogP contribution in [0, 0.1) is 0 Å². The third-order valence-corrected chi connectivity index (χ3v) is 4.68. The summed E-state index contributed by atoms with van der Waals surface area (Å²) in [7, 11) is 0. The predicted octanol–water partition coefficient (Wildman–Crippen LogP) is 2.56. The van der Waals surface area contributed by atoms with E-state index in [1.54, 1.807) is 13.1 Å². The second-order valence-corrected chi connectivity index (χ2v) is 5.72. The fraction of sp³-hybridized carbons (Fsp3) is 0.333. The smallest absolute Gasteiger partial charge is 0.350 e. The van der Waals surface area contributed by atoms with E-state index in [0.29, 0.717) is 23.7 Å². The van der Waals surface area contributed by atoms with Gasteiger partial charge in [-0.25, -0.2) is 4.79 Å². The molecule has 2 aromatic heterocycles. The summed E-state index contributed by atoms with van der Waals surface area (Å²) in [6.45, 7) is 2.73. The van der Waals surface area contributed by atoms with E-state index in [2.05, 4.69) is 15.5 Å². The number of esters is 1. The third kappa shape index (κ3) is 3.07. The minimum absolute atomic E-state index is 0.336. The summed E-state index contributed by atoms with van der Waals surface area (Å²) < 4.78 is 5.01. The number of rotatable bonds is 6. The average Bonchev–Trinajstić information content (AvgIpc) is 3.04. The lowest BCUT2D eigenvalue weighted by Crippen LogP contribution is -2.04. The van der Waals surface area contributed by atoms with Gasteiger partial charge in [-0.1, -0.05) is 0 Å². The number of hydrogen-bond donors (Lipinski definition) is 3. The molecule has 0 unspecified atom stereocenters. The number of thiophene rings is 1. The fourth-order valence-corrected chi connectivity index (χ4v) is 3.58. The van der Waals surface area contributed by atoms with E-state index >= 15 is 0 Å². The van der Waals surface area contributed by atoms with Crippen molar-refractivity contribution in [1.29, 1.82) is 0 Å². The molecule has 0 aliphatic heterocycles. The van der Waals surface area contributed by atoms with Gasteiger partial charge < -0.3 is 15.8 Å². The van der Waals surface area contributed by atoms with Gasteiger partial charge in [0.25, 0.3) is 0 Å². The number of anilines is 2.